The van der Waals surface area contributed by atoms with Crippen molar-refractivity contribution >= 4 is 50.9 Å². The first-order chi connectivity index (χ1) is 18.6. The molecule has 2 aromatic carbocycles. The lowest BCUT2D eigenvalue weighted by molar-refractivity contribution is -0.192. The van der Waals surface area contributed by atoms with Crippen LogP contribution in [0, 0.1) is 0 Å². The Hall–Kier alpha value is -4.48. The normalized spacial score (nSPS) is 11.9. The van der Waals surface area contributed by atoms with Crippen molar-refractivity contribution < 1.29 is 46.2 Å². The number of hydrogen-bond acceptors (Lipinski definition) is 7. The van der Waals surface area contributed by atoms with Gasteiger partial charge in [-0.25, -0.2) is 18.2 Å². The molecular formula is C23H22F3N5O7S2. The first kappa shape index (κ1) is 31.7. The minimum atomic E-state index is -5.08. The number of sulfonamides is 1. The summed E-state index contributed by atoms with van der Waals surface area (Å²) in [5.74, 6) is -4.74. The average molecular weight is 602 g/mol. The Morgan fingerprint density at radius 2 is 1.52 bits per heavy atom. The predicted octanol–water partition coefficient (Wildman–Crippen LogP) is 2.11. The highest BCUT2D eigenvalue weighted by atomic mass is 32.2. The largest absolute Gasteiger partial charge is 0.490 e. The maximum atomic E-state index is 12.5. The number of nitrogens with two attached hydrogens (primary N) is 2. The van der Waals surface area contributed by atoms with Gasteiger partial charge >= 0.3 is 18.1 Å². The Labute approximate surface area is 229 Å². The van der Waals surface area contributed by atoms with Gasteiger partial charge in [-0.3, -0.25) is 9.59 Å². The second-order valence-electron chi connectivity index (χ2n) is 7.59. The highest BCUT2D eigenvalue weighted by Crippen LogP contribution is 2.29. The van der Waals surface area contributed by atoms with E-state index in [1.54, 1.807) is 42.5 Å². The molecule has 0 aliphatic rings. The Morgan fingerprint density at radius 1 is 0.950 bits per heavy atom. The van der Waals surface area contributed by atoms with E-state index in [1.165, 1.54) is 35.6 Å². The molecule has 40 heavy (non-hydrogen) atoms. The highest BCUT2D eigenvalue weighted by Gasteiger charge is 2.38. The minimum absolute atomic E-state index is 0.0523. The van der Waals surface area contributed by atoms with Gasteiger partial charge in [0.2, 0.25) is 10.0 Å². The molecule has 17 heteroatoms. The molecule has 0 bridgehead atoms. The van der Waals surface area contributed by atoms with Crippen molar-refractivity contribution in [2.24, 2.45) is 16.5 Å². The number of carbonyl (C=O) groups excluding carboxylic acids is 1. The molecule has 3 aromatic rings. The van der Waals surface area contributed by atoms with Crippen LogP contribution in [0.1, 0.15) is 9.67 Å². The second-order valence-corrected chi connectivity index (χ2v) is 10.4. The van der Waals surface area contributed by atoms with Crippen molar-refractivity contribution in [1.82, 2.24) is 10.0 Å². The number of nitrogens with one attached hydrogen (secondary N) is 2. The van der Waals surface area contributed by atoms with Crippen molar-refractivity contribution in [3.63, 3.8) is 0 Å². The van der Waals surface area contributed by atoms with Gasteiger partial charge < -0.3 is 27.0 Å². The Kier molecular flexibility index (Phi) is 10.7. The molecule has 0 radical (unpaired) electrons. The van der Waals surface area contributed by atoms with Crippen LogP contribution in [-0.4, -0.2) is 61.2 Å². The fraction of sp³-hybridized carbons (Fsp3) is 0.130. The molecule has 0 saturated carbocycles. The number of aliphatic carboxylic acids is 2. The molecule has 12 nitrogen and oxygen atoms in total. The molecular weight excluding hydrogens is 579 g/mol. The fourth-order valence-corrected chi connectivity index (χ4v) is 4.92. The van der Waals surface area contributed by atoms with Crippen molar-refractivity contribution in [2.75, 3.05) is 6.54 Å². The van der Waals surface area contributed by atoms with E-state index in [0.717, 1.165) is 10.4 Å². The summed E-state index contributed by atoms with van der Waals surface area (Å²) < 4.78 is 58.6. The standard InChI is InChI=1S/C21H21N5O5S2.C2HF3O2/c22-21(23)25-14-8-6-13(7-9-14)17-10-11-18(32-17)19(27)24-12-16(20(28)29)26-33(30,31)15-4-2-1-3-5-15;3-2(4,5)1(6)7/h1-11,16,26H,12H2,(H,24,27)(H,28,29)(H4,22,23,25);(H,6,7)/t16-;/m0./s1. The van der Waals surface area contributed by atoms with E-state index in [1.807, 2.05) is 0 Å². The van der Waals surface area contributed by atoms with Gasteiger partial charge in [0.15, 0.2) is 5.96 Å². The van der Waals surface area contributed by atoms with Crippen molar-refractivity contribution in [1.29, 1.82) is 0 Å². The summed E-state index contributed by atoms with van der Waals surface area (Å²) in [7, 11) is -4.06. The zero-order valence-electron chi connectivity index (χ0n) is 20.1. The monoisotopic (exact) mass is 601 g/mol. The Balaban J connectivity index is 0.000000708. The molecule has 1 aromatic heterocycles. The van der Waals surface area contributed by atoms with Gasteiger partial charge in [0, 0.05) is 11.4 Å². The maximum absolute atomic E-state index is 12.5. The number of benzene rings is 2. The number of thiophene rings is 1. The lowest BCUT2D eigenvalue weighted by Gasteiger charge is -2.15. The second kappa shape index (κ2) is 13.5. The van der Waals surface area contributed by atoms with Gasteiger partial charge in [-0.1, -0.05) is 30.3 Å². The molecule has 1 amide bonds. The van der Waals surface area contributed by atoms with Gasteiger partial charge in [0.05, 0.1) is 15.5 Å². The molecule has 0 aliphatic heterocycles. The first-order valence-corrected chi connectivity index (χ1v) is 13.1. The third-order valence-electron chi connectivity index (χ3n) is 4.60. The minimum Gasteiger partial charge on any atom is -0.480 e. The van der Waals surface area contributed by atoms with Crippen LogP contribution < -0.4 is 21.5 Å². The third-order valence-corrected chi connectivity index (χ3v) is 7.22. The molecule has 0 spiro atoms. The van der Waals surface area contributed by atoms with Gasteiger partial charge in [-0.05, 0) is 42.0 Å². The van der Waals surface area contributed by atoms with Crippen molar-refractivity contribution in [3.8, 4) is 10.4 Å². The van der Waals surface area contributed by atoms with Gasteiger partial charge in [-0.15, -0.1) is 11.3 Å². The van der Waals surface area contributed by atoms with Crippen LogP contribution in [0.25, 0.3) is 10.4 Å². The molecule has 0 unspecified atom stereocenters. The van der Waals surface area contributed by atoms with Crippen LogP contribution in [-0.2, 0) is 19.6 Å². The number of nitrogens with zero attached hydrogens (tertiary/aromatic N) is 1. The number of hydrogen-bond donors (Lipinski definition) is 6. The smallest absolute Gasteiger partial charge is 0.480 e. The van der Waals surface area contributed by atoms with E-state index in [-0.39, 0.29) is 10.9 Å². The van der Waals surface area contributed by atoms with Crippen molar-refractivity contribution in [2.45, 2.75) is 17.1 Å². The number of rotatable bonds is 9. The number of alkyl halides is 3. The van der Waals surface area contributed by atoms with E-state index in [4.69, 9.17) is 21.4 Å². The quantitative estimate of drug-likeness (QED) is 0.156. The van der Waals surface area contributed by atoms with Gasteiger partial charge in [-0.2, -0.15) is 17.9 Å². The van der Waals surface area contributed by atoms with Crippen LogP contribution in [0.15, 0.2) is 76.6 Å². The fourth-order valence-electron chi connectivity index (χ4n) is 2.78. The van der Waals surface area contributed by atoms with E-state index >= 15 is 0 Å². The lowest BCUT2D eigenvalue weighted by atomic mass is 10.2. The molecule has 8 N–H and O–H groups in total. The zero-order chi connectivity index (χ0) is 30.1. The number of carboxylic acid groups (broad SMARTS) is 2. The number of aliphatic imine (C=N–C) groups is 1. The maximum Gasteiger partial charge on any atom is 0.490 e. The molecule has 1 heterocycles. The average Bonchev–Trinajstić information content (AvgIpc) is 3.37. The molecule has 1 atom stereocenters. The summed E-state index contributed by atoms with van der Waals surface area (Å²) >= 11 is 1.20. The third kappa shape index (κ3) is 9.68. The Bertz CT molecular complexity index is 1470. The van der Waals surface area contributed by atoms with Crippen LogP contribution in [0.2, 0.25) is 0 Å². The number of carbonyl (C=O) groups is 3. The predicted molar refractivity (Wildman–Crippen MR) is 139 cm³/mol. The zero-order valence-corrected chi connectivity index (χ0v) is 21.8. The number of guanidine groups is 1. The summed E-state index contributed by atoms with van der Waals surface area (Å²) in [6, 6.07) is 16.2. The Morgan fingerprint density at radius 3 is 2.02 bits per heavy atom. The summed E-state index contributed by atoms with van der Waals surface area (Å²) in [4.78, 5) is 38.0. The number of halogens is 3. The van der Waals surface area contributed by atoms with Crippen LogP contribution in [0.3, 0.4) is 0 Å². The molecule has 0 fully saturated rings. The van der Waals surface area contributed by atoms with Gasteiger partial charge in [0.25, 0.3) is 5.91 Å². The van der Waals surface area contributed by atoms with Crippen LogP contribution in [0.5, 0.6) is 0 Å². The van der Waals surface area contributed by atoms with Crippen LogP contribution in [0.4, 0.5) is 18.9 Å². The summed E-state index contributed by atoms with van der Waals surface area (Å²) in [6.07, 6.45) is -5.08. The first-order valence-electron chi connectivity index (χ1n) is 10.8. The molecule has 0 aliphatic carbocycles. The van der Waals surface area contributed by atoms with E-state index in [0.29, 0.717) is 10.6 Å². The van der Waals surface area contributed by atoms with Crippen molar-refractivity contribution in [3.05, 3.63) is 71.6 Å². The van der Waals surface area contributed by atoms with E-state index < -0.39 is 46.6 Å². The van der Waals surface area contributed by atoms with Gasteiger partial charge in [0.1, 0.15) is 6.04 Å². The summed E-state index contributed by atoms with van der Waals surface area (Å²) in [6.45, 7) is -0.430. The summed E-state index contributed by atoms with van der Waals surface area (Å²) in [5, 5.41) is 19.0. The van der Waals surface area contributed by atoms with E-state index in [2.05, 4.69) is 15.0 Å². The lowest BCUT2D eigenvalue weighted by Crippen LogP contribution is -2.48. The molecule has 3 rings (SSSR count). The SMILES string of the molecule is NC(N)=Nc1ccc(-c2ccc(C(=O)NC[C@H](NS(=O)(=O)c3ccccc3)C(=O)O)s2)cc1.O=C(O)C(F)(F)F. The van der Waals surface area contributed by atoms with E-state index in [9.17, 15) is 36.3 Å². The van der Waals surface area contributed by atoms with Crippen LogP contribution >= 0.6 is 11.3 Å². The number of amides is 1. The molecule has 0 saturated heterocycles. The summed E-state index contributed by atoms with van der Waals surface area (Å²) in [5.41, 5.74) is 12.1. The number of carboxylic acids is 2. The molecule has 214 valence electrons. The highest BCUT2D eigenvalue weighted by molar-refractivity contribution is 7.89. The topological polar surface area (TPSA) is 214 Å².